The summed E-state index contributed by atoms with van der Waals surface area (Å²) >= 11 is 2.21. The maximum atomic E-state index is 14.0. The number of ether oxygens (including phenoxy) is 4. The monoisotopic (exact) mass is 715 g/mol. The van der Waals surface area contributed by atoms with Gasteiger partial charge in [-0.15, -0.1) is 0 Å². The number of aliphatic hydroxyl groups excluding tert-OH is 1. The molecule has 1 aromatic rings. The number of fused-ring (bicyclic) bond motifs is 4. The van der Waals surface area contributed by atoms with Gasteiger partial charge in [0.05, 0.1) is 19.2 Å². The number of esters is 2. The Labute approximate surface area is 263 Å². The van der Waals surface area contributed by atoms with Crippen molar-refractivity contribution in [3.05, 3.63) is 33.4 Å². The molecule has 14 heteroatoms. The Balaban J connectivity index is 1.23. The average molecular weight is 716 g/mol. The molecule has 3 heterocycles. The number of nitrogens with one attached hydrogen (secondary N) is 2. The van der Waals surface area contributed by atoms with Crippen LogP contribution < -0.4 is 10.6 Å². The summed E-state index contributed by atoms with van der Waals surface area (Å²) in [5.41, 5.74) is -1.04. The number of amides is 2. The van der Waals surface area contributed by atoms with E-state index < -0.39 is 71.3 Å². The van der Waals surface area contributed by atoms with Crippen LogP contribution in [0.4, 0.5) is 0 Å². The van der Waals surface area contributed by atoms with Crippen LogP contribution in [0.5, 0.6) is 0 Å². The van der Waals surface area contributed by atoms with E-state index in [1.165, 1.54) is 5.06 Å². The molecule has 3 aliphatic heterocycles. The second-order valence-corrected chi connectivity index (χ2v) is 13.6. The van der Waals surface area contributed by atoms with Crippen molar-refractivity contribution in [1.82, 2.24) is 15.7 Å². The SMILES string of the molecule is CC(C)(C)OC(=O)CC[C@@H](CO)NC(=O)CCNC(=O)[C@@]12C[C@H]3OC(=O)[C@@H]1N(Cc1cccc(I)c1)O[C@@H]2[C@H]1OCO[C@H]13. The van der Waals surface area contributed by atoms with E-state index in [-0.39, 0.29) is 52.2 Å². The normalized spacial score (nSPS) is 30.3. The molecule has 1 saturated carbocycles. The number of nitrogens with zero attached hydrogens (tertiary/aromatic N) is 1. The molecule has 3 saturated heterocycles. The zero-order chi connectivity index (χ0) is 30.9. The first-order valence-corrected chi connectivity index (χ1v) is 15.5. The lowest BCUT2D eigenvalue weighted by Crippen LogP contribution is -2.69. The molecule has 2 bridgehead atoms. The van der Waals surface area contributed by atoms with Crippen molar-refractivity contribution < 1.29 is 48.1 Å². The van der Waals surface area contributed by atoms with Crippen LogP contribution in [0, 0.1) is 8.99 Å². The van der Waals surface area contributed by atoms with Crippen LogP contribution >= 0.6 is 22.6 Å². The molecule has 4 aliphatic rings. The van der Waals surface area contributed by atoms with E-state index in [9.17, 15) is 24.3 Å². The van der Waals surface area contributed by atoms with Crippen LogP contribution in [0.1, 0.15) is 52.0 Å². The third-order valence-electron chi connectivity index (χ3n) is 8.06. The Morgan fingerprint density at radius 1 is 1.21 bits per heavy atom. The van der Waals surface area contributed by atoms with Crippen molar-refractivity contribution in [3.8, 4) is 0 Å². The van der Waals surface area contributed by atoms with Gasteiger partial charge in [0.1, 0.15) is 42.2 Å². The van der Waals surface area contributed by atoms with Gasteiger partial charge in [0.25, 0.3) is 0 Å². The number of aliphatic hydroxyl groups is 1. The molecule has 4 fully saturated rings. The van der Waals surface area contributed by atoms with Crippen molar-refractivity contribution in [3.63, 3.8) is 0 Å². The molecule has 0 radical (unpaired) electrons. The lowest BCUT2D eigenvalue weighted by atomic mass is 9.62. The second kappa shape index (κ2) is 12.9. The van der Waals surface area contributed by atoms with Crippen LogP contribution in [0.3, 0.4) is 0 Å². The van der Waals surface area contributed by atoms with E-state index in [4.69, 9.17) is 23.8 Å². The van der Waals surface area contributed by atoms with E-state index in [2.05, 4.69) is 33.2 Å². The molecule has 5 rings (SSSR count). The Kier molecular flexibility index (Phi) is 9.63. The Morgan fingerprint density at radius 2 is 1.98 bits per heavy atom. The molecule has 3 N–H and O–H groups in total. The molecule has 13 nitrogen and oxygen atoms in total. The van der Waals surface area contributed by atoms with Gasteiger partial charge in [-0.1, -0.05) is 12.1 Å². The van der Waals surface area contributed by atoms with Gasteiger partial charge in [-0.25, -0.2) is 0 Å². The predicted molar refractivity (Wildman–Crippen MR) is 157 cm³/mol. The number of hydroxylamine groups is 2. The van der Waals surface area contributed by atoms with Crippen molar-refractivity contribution in [2.24, 2.45) is 5.41 Å². The van der Waals surface area contributed by atoms with Crippen molar-refractivity contribution in [2.75, 3.05) is 19.9 Å². The van der Waals surface area contributed by atoms with Crippen molar-refractivity contribution >= 4 is 46.3 Å². The molecule has 236 valence electrons. The van der Waals surface area contributed by atoms with Gasteiger partial charge in [-0.3, -0.25) is 24.0 Å². The third kappa shape index (κ3) is 6.83. The summed E-state index contributed by atoms with van der Waals surface area (Å²) < 4.78 is 23.6. The first-order valence-electron chi connectivity index (χ1n) is 14.4. The van der Waals surface area contributed by atoms with Gasteiger partial charge in [-0.05, 0) is 67.5 Å². The summed E-state index contributed by atoms with van der Waals surface area (Å²) in [6.45, 7) is 5.17. The van der Waals surface area contributed by atoms with E-state index in [0.717, 1.165) is 9.13 Å². The van der Waals surface area contributed by atoms with Crippen molar-refractivity contribution in [2.45, 2.75) is 95.1 Å². The predicted octanol–water partition coefficient (Wildman–Crippen LogP) is 0.938. The molecule has 2 amide bonds. The number of hydrogen-bond donors (Lipinski definition) is 3. The molecule has 0 spiro atoms. The molecule has 1 aromatic carbocycles. The zero-order valence-corrected chi connectivity index (χ0v) is 26.5. The molecule has 1 aliphatic carbocycles. The maximum absolute atomic E-state index is 14.0. The van der Waals surface area contributed by atoms with E-state index in [0.29, 0.717) is 0 Å². The highest BCUT2D eigenvalue weighted by molar-refractivity contribution is 14.1. The smallest absolute Gasteiger partial charge is 0.327 e. The Morgan fingerprint density at radius 3 is 2.70 bits per heavy atom. The number of rotatable bonds is 11. The minimum Gasteiger partial charge on any atom is -0.460 e. The first-order chi connectivity index (χ1) is 20.4. The largest absolute Gasteiger partial charge is 0.460 e. The highest BCUT2D eigenvalue weighted by atomic mass is 127. The van der Waals surface area contributed by atoms with Crippen molar-refractivity contribution in [1.29, 1.82) is 0 Å². The fraction of sp³-hybridized carbons (Fsp3) is 0.655. The average Bonchev–Trinajstić information content (AvgIpc) is 3.55. The number of benzene rings is 1. The van der Waals surface area contributed by atoms with Crippen LogP contribution in [-0.2, 0) is 49.5 Å². The van der Waals surface area contributed by atoms with Crippen LogP contribution in [0.15, 0.2) is 24.3 Å². The Bertz CT molecular complexity index is 1240. The lowest BCUT2D eigenvalue weighted by Gasteiger charge is -2.48. The Hall–Kier alpha value is -2.37. The number of carbonyl (C=O) groups is 4. The highest BCUT2D eigenvalue weighted by Crippen LogP contribution is 2.55. The van der Waals surface area contributed by atoms with Gasteiger partial charge in [0, 0.05) is 29.4 Å². The topological polar surface area (TPSA) is 162 Å². The third-order valence-corrected chi connectivity index (χ3v) is 8.73. The molecule has 0 aromatic heterocycles. The fourth-order valence-corrected chi connectivity index (χ4v) is 6.90. The van der Waals surface area contributed by atoms with E-state index >= 15 is 0 Å². The molecule has 7 atom stereocenters. The minimum atomic E-state index is -1.31. The maximum Gasteiger partial charge on any atom is 0.327 e. The molecule has 43 heavy (non-hydrogen) atoms. The van der Waals surface area contributed by atoms with Gasteiger partial charge in [0.2, 0.25) is 11.8 Å². The van der Waals surface area contributed by atoms with Gasteiger partial charge in [0.15, 0.2) is 6.04 Å². The number of hydrogen-bond acceptors (Lipinski definition) is 11. The standard InChI is InChI=1S/C29H38IN3O10/c1-28(2,3)42-21(36)8-7-18(14-34)32-20(35)9-10-31-27(38)29-12-19-22-23(40-15-39-22)25(29)43-33(24(29)26(37)41-19)13-16-5-4-6-17(30)11-16/h4-6,11,18-19,22-25,34H,7-10,12-15H2,1-3H3,(H,31,38)(H,32,35)/t18-,19+,22-,23-,24-,25+,29-/m0/s1. The highest BCUT2D eigenvalue weighted by Gasteiger charge is 2.74. The number of halogens is 1. The summed E-state index contributed by atoms with van der Waals surface area (Å²) in [6, 6.07) is 6.10. The van der Waals surface area contributed by atoms with E-state index in [1.54, 1.807) is 20.8 Å². The molecular formula is C29H38IN3O10. The summed E-state index contributed by atoms with van der Waals surface area (Å²) in [6.07, 6.45) is -2.26. The minimum absolute atomic E-state index is 0.00259. The molecular weight excluding hydrogens is 677 g/mol. The number of carbonyl (C=O) groups excluding carboxylic acids is 4. The summed E-state index contributed by atoms with van der Waals surface area (Å²) in [5, 5.41) is 16.7. The fourth-order valence-electron chi connectivity index (χ4n) is 6.30. The summed E-state index contributed by atoms with van der Waals surface area (Å²) in [4.78, 5) is 58.4. The zero-order valence-electron chi connectivity index (χ0n) is 24.4. The summed E-state index contributed by atoms with van der Waals surface area (Å²) in [5.74, 6) is -1.82. The quantitative estimate of drug-likeness (QED) is 0.221. The first kappa shape index (κ1) is 32.0. The lowest BCUT2D eigenvalue weighted by molar-refractivity contribution is -0.201. The van der Waals surface area contributed by atoms with Crippen LogP contribution in [0.2, 0.25) is 0 Å². The van der Waals surface area contributed by atoms with Gasteiger partial charge >= 0.3 is 11.9 Å². The van der Waals surface area contributed by atoms with Crippen LogP contribution in [-0.4, -0.2) is 96.0 Å². The van der Waals surface area contributed by atoms with E-state index in [1.807, 2.05) is 24.3 Å². The van der Waals surface area contributed by atoms with Gasteiger partial charge < -0.3 is 34.7 Å². The van der Waals surface area contributed by atoms with Gasteiger partial charge in [-0.2, -0.15) is 5.06 Å². The molecule has 0 unspecified atom stereocenters. The van der Waals surface area contributed by atoms with Crippen LogP contribution in [0.25, 0.3) is 0 Å². The second-order valence-electron chi connectivity index (χ2n) is 12.3. The summed E-state index contributed by atoms with van der Waals surface area (Å²) in [7, 11) is 0.